The van der Waals surface area contributed by atoms with Crippen LogP contribution < -0.4 is 5.32 Å². The monoisotopic (exact) mass is 334 g/mol. The zero-order chi connectivity index (χ0) is 15.5. The van der Waals surface area contributed by atoms with Crippen molar-refractivity contribution in [3.63, 3.8) is 0 Å². The predicted molar refractivity (Wildman–Crippen MR) is 87.1 cm³/mol. The molecule has 3 aromatic rings. The van der Waals surface area contributed by atoms with Crippen molar-refractivity contribution in [1.29, 1.82) is 0 Å². The first-order chi connectivity index (χ1) is 10.6. The Labute approximate surface area is 135 Å². The van der Waals surface area contributed by atoms with Crippen LogP contribution in [0, 0.1) is 5.82 Å². The molecule has 3 rings (SSSR count). The largest absolute Gasteiger partial charge is 0.351 e. The number of benzene rings is 2. The molecule has 1 N–H and O–H groups in total. The first kappa shape index (κ1) is 14.9. The van der Waals surface area contributed by atoms with Gasteiger partial charge in [0.1, 0.15) is 5.82 Å². The van der Waals surface area contributed by atoms with E-state index < -0.39 is 11.7 Å². The van der Waals surface area contributed by atoms with Gasteiger partial charge in [-0.25, -0.2) is 9.37 Å². The van der Waals surface area contributed by atoms with Crippen LogP contribution in [0.5, 0.6) is 0 Å². The number of rotatable bonds is 4. The number of nitrogens with zero attached hydrogens (tertiary/aromatic N) is 1. The lowest BCUT2D eigenvalue weighted by molar-refractivity contribution is 0.0950. The number of para-hydroxylation sites is 1. The fraction of sp³-hybridized carbons (Fsp3) is 0.125. The summed E-state index contributed by atoms with van der Waals surface area (Å²) in [4.78, 5) is 16.5. The van der Waals surface area contributed by atoms with Crippen LogP contribution in [0.1, 0.15) is 15.4 Å². The Kier molecular flexibility index (Phi) is 4.36. The standard InChI is InChI=1S/C16H12ClFN2OS/c17-10-4-3-5-11(18)15(10)16(21)19-9-8-14-20-12-6-1-2-7-13(12)22-14/h1-7H,8-9H2,(H,19,21). The van der Waals surface area contributed by atoms with Crippen molar-refractivity contribution in [2.45, 2.75) is 6.42 Å². The van der Waals surface area contributed by atoms with E-state index in [2.05, 4.69) is 10.3 Å². The summed E-state index contributed by atoms with van der Waals surface area (Å²) >= 11 is 7.45. The molecule has 112 valence electrons. The molecule has 2 aromatic carbocycles. The van der Waals surface area contributed by atoms with Crippen LogP contribution in [0.15, 0.2) is 42.5 Å². The van der Waals surface area contributed by atoms with Gasteiger partial charge in [0.05, 0.1) is 25.8 Å². The summed E-state index contributed by atoms with van der Waals surface area (Å²) < 4.78 is 14.7. The van der Waals surface area contributed by atoms with Gasteiger partial charge < -0.3 is 5.32 Å². The minimum Gasteiger partial charge on any atom is -0.351 e. The molecule has 0 aliphatic carbocycles. The number of amides is 1. The second-order valence-electron chi connectivity index (χ2n) is 4.68. The van der Waals surface area contributed by atoms with Gasteiger partial charge in [0.15, 0.2) is 0 Å². The van der Waals surface area contributed by atoms with E-state index >= 15 is 0 Å². The Morgan fingerprint density at radius 1 is 1.23 bits per heavy atom. The minimum absolute atomic E-state index is 0.109. The van der Waals surface area contributed by atoms with Crippen molar-refractivity contribution in [2.75, 3.05) is 6.54 Å². The molecule has 0 atom stereocenters. The maximum atomic E-state index is 13.6. The molecule has 1 amide bonds. The summed E-state index contributed by atoms with van der Waals surface area (Å²) in [5, 5.41) is 3.72. The third-order valence-electron chi connectivity index (χ3n) is 3.15. The van der Waals surface area contributed by atoms with E-state index in [1.165, 1.54) is 18.2 Å². The van der Waals surface area contributed by atoms with E-state index in [9.17, 15) is 9.18 Å². The Morgan fingerprint density at radius 3 is 2.82 bits per heavy atom. The normalized spacial score (nSPS) is 10.8. The van der Waals surface area contributed by atoms with Gasteiger partial charge in [-0.15, -0.1) is 11.3 Å². The SMILES string of the molecule is O=C(NCCc1nc2ccccc2s1)c1c(F)cccc1Cl. The van der Waals surface area contributed by atoms with Gasteiger partial charge in [-0.3, -0.25) is 4.79 Å². The van der Waals surface area contributed by atoms with Gasteiger partial charge >= 0.3 is 0 Å². The van der Waals surface area contributed by atoms with Crippen molar-refractivity contribution in [3.8, 4) is 0 Å². The molecule has 0 radical (unpaired) electrons. The van der Waals surface area contributed by atoms with Gasteiger partial charge in [-0.2, -0.15) is 0 Å². The predicted octanol–water partition coefficient (Wildman–Crippen LogP) is 4.06. The molecule has 3 nitrogen and oxygen atoms in total. The molecule has 0 unspecified atom stereocenters. The molecule has 0 fully saturated rings. The van der Waals surface area contributed by atoms with Crippen LogP contribution in [0.3, 0.4) is 0 Å². The molecule has 0 bridgehead atoms. The smallest absolute Gasteiger partial charge is 0.255 e. The molecule has 1 heterocycles. The van der Waals surface area contributed by atoms with E-state index in [0.29, 0.717) is 13.0 Å². The third-order valence-corrected chi connectivity index (χ3v) is 4.56. The molecule has 0 saturated heterocycles. The van der Waals surface area contributed by atoms with Gasteiger partial charge in [0.25, 0.3) is 5.91 Å². The quantitative estimate of drug-likeness (QED) is 0.781. The summed E-state index contributed by atoms with van der Waals surface area (Å²) in [6.07, 6.45) is 0.594. The zero-order valence-corrected chi connectivity index (χ0v) is 13.0. The van der Waals surface area contributed by atoms with Crippen molar-refractivity contribution < 1.29 is 9.18 Å². The highest BCUT2D eigenvalue weighted by Gasteiger charge is 2.15. The number of thiazole rings is 1. The van der Waals surface area contributed by atoms with Crippen molar-refractivity contribution in [1.82, 2.24) is 10.3 Å². The highest BCUT2D eigenvalue weighted by molar-refractivity contribution is 7.18. The molecule has 1 aromatic heterocycles. The van der Waals surface area contributed by atoms with E-state index in [1.807, 2.05) is 24.3 Å². The molecule has 6 heteroatoms. The molecule has 22 heavy (non-hydrogen) atoms. The maximum Gasteiger partial charge on any atom is 0.255 e. The summed E-state index contributed by atoms with van der Waals surface area (Å²) in [6.45, 7) is 0.378. The first-order valence-electron chi connectivity index (χ1n) is 6.72. The van der Waals surface area contributed by atoms with Crippen LogP contribution in [0.25, 0.3) is 10.2 Å². The maximum absolute atomic E-state index is 13.6. The topological polar surface area (TPSA) is 42.0 Å². The lowest BCUT2D eigenvalue weighted by Gasteiger charge is -2.06. The van der Waals surface area contributed by atoms with E-state index in [1.54, 1.807) is 11.3 Å². The van der Waals surface area contributed by atoms with Crippen LogP contribution in [-0.4, -0.2) is 17.4 Å². The molecular weight excluding hydrogens is 323 g/mol. The highest BCUT2D eigenvalue weighted by atomic mass is 35.5. The number of halogens is 2. The molecule has 0 aliphatic rings. The van der Waals surface area contributed by atoms with Crippen molar-refractivity contribution in [2.24, 2.45) is 0 Å². The van der Waals surface area contributed by atoms with E-state index in [0.717, 1.165) is 15.2 Å². The number of carbonyl (C=O) groups excluding carboxylic acids is 1. The Hall–Kier alpha value is -1.98. The third kappa shape index (κ3) is 3.10. The van der Waals surface area contributed by atoms with Crippen molar-refractivity contribution >= 4 is 39.1 Å². The highest BCUT2D eigenvalue weighted by Crippen LogP contribution is 2.22. The number of nitrogens with one attached hydrogen (secondary N) is 1. The number of hydrogen-bond acceptors (Lipinski definition) is 3. The zero-order valence-electron chi connectivity index (χ0n) is 11.5. The number of hydrogen-bond donors (Lipinski definition) is 1. The Bertz CT molecular complexity index is 781. The molecular formula is C16H12ClFN2OS. The Balaban J connectivity index is 1.64. The minimum atomic E-state index is -0.620. The second kappa shape index (κ2) is 6.42. The number of aromatic nitrogens is 1. The van der Waals surface area contributed by atoms with Gasteiger partial charge in [-0.05, 0) is 24.3 Å². The summed E-state index contributed by atoms with van der Waals surface area (Å²) in [6, 6.07) is 12.0. The van der Waals surface area contributed by atoms with Crippen LogP contribution in [0.2, 0.25) is 5.02 Å². The Morgan fingerprint density at radius 2 is 2.05 bits per heavy atom. The van der Waals surface area contributed by atoms with E-state index in [4.69, 9.17) is 11.6 Å². The average molecular weight is 335 g/mol. The molecule has 0 aliphatic heterocycles. The van der Waals surface area contributed by atoms with Crippen LogP contribution in [0.4, 0.5) is 4.39 Å². The summed E-state index contributed by atoms with van der Waals surface area (Å²) in [7, 11) is 0. The lowest BCUT2D eigenvalue weighted by atomic mass is 10.2. The van der Waals surface area contributed by atoms with Crippen molar-refractivity contribution in [3.05, 3.63) is 63.9 Å². The summed E-state index contributed by atoms with van der Waals surface area (Å²) in [5.41, 5.74) is 0.833. The second-order valence-corrected chi connectivity index (χ2v) is 6.20. The number of carbonyl (C=O) groups is 1. The van der Waals surface area contributed by atoms with Gasteiger partial charge in [0, 0.05) is 13.0 Å². The lowest BCUT2D eigenvalue weighted by Crippen LogP contribution is -2.26. The first-order valence-corrected chi connectivity index (χ1v) is 7.91. The van der Waals surface area contributed by atoms with Gasteiger partial charge in [0.2, 0.25) is 0 Å². The molecule has 0 spiro atoms. The van der Waals surface area contributed by atoms with Crippen LogP contribution >= 0.6 is 22.9 Å². The van der Waals surface area contributed by atoms with Crippen LogP contribution in [-0.2, 0) is 6.42 Å². The average Bonchev–Trinajstić information content (AvgIpc) is 2.89. The fourth-order valence-electron chi connectivity index (χ4n) is 2.11. The van der Waals surface area contributed by atoms with E-state index in [-0.39, 0.29) is 10.6 Å². The number of fused-ring (bicyclic) bond motifs is 1. The summed E-state index contributed by atoms with van der Waals surface area (Å²) in [5.74, 6) is -1.13. The fourth-order valence-corrected chi connectivity index (χ4v) is 3.33. The molecule has 0 saturated carbocycles. The van der Waals surface area contributed by atoms with Gasteiger partial charge in [-0.1, -0.05) is 29.8 Å².